The molecule has 0 bridgehead atoms. The molecular formula is C26H30N6O2. The lowest BCUT2D eigenvalue weighted by Crippen LogP contribution is -2.46. The molecule has 0 unspecified atom stereocenters. The molecule has 4 heterocycles. The number of aromatic amines is 1. The second-order valence-electron chi connectivity index (χ2n) is 9.53. The van der Waals surface area contributed by atoms with Crippen LogP contribution in [-0.2, 0) is 11.2 Å². The average Bonchev–Trinajstić information content (AvgIpc) is 3.39. The van der Waals surface area contributed by atoms with E-state index in [1.807, 2.05) is 44.3 Å². The fraction of sp³-hybridized carbons (Fsp3) is 0.385. The molecule has 176 valence electrons. The van der Waals surface area contributed by atoms with Gasteiger partial charge in [-0.1, -0.05) is 6.07 Å². The molecular weight excluding hydrogens is 428 g/mol. The number of nitrogens with one attached hydrogen (secondary N) is 1. The molecule has 1 aliphatic heterocycles. The number of anilines is 1. The van der Waals surface area contributed by atoms with Crippen LogP contribution in [0.3, 0.4) is 0 Å². The third-order valence-electron chi connectivity index (χ3n) is 6.61. The lowest BCUT2D eigenvalue weighted by Gasteiger charge is -2.29. The van der Waals surface area contributed by atoms with Gasteiger partial charge in [0.05, 0.1) is 23.1 Å². The highest BCUT2D eigenvalue weighted by Crippen LogP contribution is 2.32. The minimum Gasteiger partial charge on any atom is -0.386 e. The van der Waals surface area contributed by atoms with Crippen LogP contribution in [0.2, 0.25) is 0 Å². The van der Waals surface area contributed by atoms with Crippen LogP contribution in [0.15, 0.2) is 42.7 Å². The van der Waals surface area contributed by atoms with Crippen molar-refractivity contribution in [1.82, 2.24) is 24.8 Å². The molecule has 0 aliphatic carbocycles. The van der Waals surface area contributed by atoms with Crippen molar-refractivity contribution < 1.29 is 9.90 Å². The highest BCUT2D eigenvalue weighted by Gasteiger charge is 2.38. The normalized spacial score (nSPS) is 18.2. The predicted molar refractivity (Wildman–Crippen MR) is 133 cm³/mol. The first-order chi connectivity index (χ1) is 16.3. The Morgan fingerprint density at radius 1 is 1.21 bits per heavy atom. The minimum absolute atomic E-state index is 0.00193. The van der Waals surface area contributed by atoms with Crippen LogP contribution >= 0.6 is 0 Å². The Hall–Kier alpha value is -3.52. The van der Waals surface area contributed by atoms with Gasteiger partial charge in [-0.15, -0.1) is 0 Å². The zero-order chi connectivity index (χ0) is 23.9. The van der Waals surface area contributed by atoms with Crippen LogP contribution in [-0.4, -0.2) is 68.1 Å². The van der Waals surface area contributed by atoms with Crippen molar-refractivity contribution >= 4 is 33.5 Å². The third-order valence-corrected chi connectivity index (χ3v) is 6.61. The second-order valence-corrected chi connectivity index (χ2v) is 9.53. The minimum atomic E-state index is -0.965. The van der Waals surface area contributed by atoms with E-state index in [1.54, 1.807) is 18.1 Å². The number of hydrogen-bond acceptors (Lipinski definition) is 6. The van der Waals surface area contributed by atoms with Crippen molar-refractivity contribution in [3.05, 3.63) is 59.8 Å². The number of aliphatic hydroxyl groups is 1. The Morgan fingerprint density at radius 3 is 2.91 bits per heavy atom. The maximum absolute atomic E-state index is 12.8. The number of amides is 1. The van der Waals surface area contributed by atoms with Gasteiger partial charge >= 0.3 is 0 Å². The number of aryl methyl sites for hydroxylation is 3. The number of aromatic nitrogens is 4. The molecule has 1 fully saturated rings. The van der Waals surface area contributed by atoms with Gasteiger partial charge in [0.1, 0.15) is 11.4 Å². The number of imidazole rings is 1. The first-order valence-electron chi connectivity index (χ1n) is 11.7. The number of hydrogen-bond donors (Lipinski definition) is 2. The number of nitrogens with zero attached hydrogens (tertiary/aromatic N) is 5. The van der Waals surface area contributed by atoms with Gasteiger partial charge in [0.15, 0.2) is 0 Å². The maximum Gasteiger partial charge on any atom is 0.222 e. The zero-order valence-electron chi connectivity index (χ0n) is 19.9. The summed E-state index contributed by atoms with van der Waals surface area (Å²) in [6, 6.07) is 10.0. The van der Waals surface area contributed by atoms with Gasteiger partial charge in [-0.2, -0.15) is 0 Å². The molecule has 1 saturated heterocycles. The van der Waals surface area contributed by atoms with Crippen molar-refractivity contribution in [3.63, 3.8) is 0 Å². The number of benzene rings is 1. The van der Waals surface area contributed by atoms with Gasteiger partial charge in [0, 0.05) is 62.1 Å². The van der Waals surface area contributed by atoms with Gasteiger partial charge in [-0.05, 0) is 50.1 Å². The topological polar surface area (TPSA) is 98.2 Å². The fourth-order valence-electron chi connectivity index (χ4n) is 4.87. The fourth-order valence-corrected chi connectivity index (χ4v) is 4.87. The largest absolute Gasteiger partial charge is 0.386 e. The standard InChI is InChI=1S/C26H30N6O2/c1-17-4-5-21-22(12-17)30-24(29-21)6-7-25(33)31(3)15-26(34)9-11-32(16-26)23-13-18(2)28-20-8-10-27-14-19(20)23/h4-5,8,10,12-14,34H,6-7,9,11,15-16H2,1-3H3,(H,29,30)/t26-/m1/s1. The molecule has 0 saturated carbocycles. The van der Waals surface area contributed by atoms with Crippen molar-refractivity contribution in [1.29, 1.82) is 0 Å². The number of carbonyl (C=O) groups is 1. The number of fused-ring (bicyclic) bond motifs is 2. The molecule has 34 heavy (non-hydrogen) atoms. The Morgan fingerprint density at radius 2 is 2.06 bits per heavy atom. The number of rotatable bonds is 6. The van der Waals surface area contributed by atoms with E-state index in [1.165, 1.54) is 5.56 Å². The SMILES string of the molecule is Cc1ccc2nc(CCC(=O)N(C)C[C@]3(O)CCN(c4cc(C)nc5ccncc45)C3)[nH]c2c1. The summed E-state index contributed by atoms with van der Waals surface area (Å²) in [6.07, 6.45) is 5.04. The molecule has 3 aromatic heterocycles. The maximum atomic E-state index is 12.8. The van der Waals surface area contributed by atoms with Crippen molar-refractivity contribution in [3.8, 4) is 0 Å². The van der Waals surface area contributed by atoms with Gasteiger partial charge in [0.2, 0.25) is 5.91 Å². The van der Waals surface area contributed by atoms with Crippen molar-refractivity contribution in [2.45, 2.75) is 38.7 Å². The Labute approximate surface area is 198 Å². The summed E-state index contributed by atoms with van der Waals surface area (Å²) in [5, 5.41) is 12.3. The lowest BCUT2D eigenvalue weighted by molar-refractivity contribution is -0.132. The summed E-state index contributed by atoms with van der Waals surface area (Å²) >= 11 is 0. The van der Waals surface area contributed by atoms with Crippen LogP contribution in [0.5, 0.6) is 0 Å². The van der Waals surface area contributed by atoms with Gasteiger partial charge in [-0.3, -0.25) is 14.8 Å². The van der Waals surface area contributed by atoms with E-state index in [4.69, 9.17) is 0 Å². The van der Waals surface area contributed by atoms with E-state index in [0.717, 1.165) is 39.1 Å². The molecule has 1 aliphatic rings. The van der Waals surface area contributed by atoms with Gasteiger partial charge in [0.25, 0.3) is 0 Å². The van der Waals surface area contributed by atoms with E-state index in [-0.39, 0.29) is 5.91 Å². The summed E-state index contributed by atoms with van der Waals surface area (Å²) in [7, 11) is 1.76. The van der Waals surface area contributed by atoms with Crippen LogP contribution in [0.4, 0.5) is 5.69 Å². The van der Waals surface area contributed by atoms with Crippen molar-refractivity contribution in [2.24, 2.45) is 0 Å². The predicted octanol–water partition coefficient (Wildman–Crippen LogP) is 3.16. The molecule has 4 aromatic rings. The number of pyridine rings is 2. The van der Waals surface area contributed by atoms with Crippen LogP contribution in [0.25, 0.3) is 21.9 Å². The van der Waals surface area contributed by atoms with E-state index in [2.05, 4.69) is 30.9 Å². The molecule has 0 radical (unpaired) electrons. The van der Waals surface area contributed by atoms with E-state index < -0.39 is 5.60 Å². The Kier molecular flexibility index (Phi) is 5.69. The van der Waals surface area contributed by atoms with E-state index in [9.17, 15) is 9.90 Å². The summed E-state index contributed by atoms with van der Waals surface area (Å²) < 4.78 is 0. The molecule has 1 amide bonds. The summed E-state index contributed by atoms with van der Waals surface area (Å²) in [4.78, 5) is 33.4. The summed E-state index contributed by atoms with van der Waals surface area (Å²) in [6.45, 7) is 5.48. The zero-order valence-corrected chi connectivity index (χ0v) is 19.9. The molecule has 5 rings (SSSR count). The van der Waals surface area contributed by atoms with Crippen LogP contribution < -0.4 is 4.90 Å². The molecule has 1 aromatic carbocycles. The third kappa shape index (κ3) is 4.46. The molecule has 0 spiro atoms. The summed E-state index contributed by atoms with van der Waals surface area (Å²) in [5.41, 5.74) is 4.96. The highest BCUT2D eigenvalue weighted by molar-refractivity contribution is 5.91. The number of H-pyrrole nitrogens is 1. The van der Waals surface area contributed by atoms with Gasteiger partial charge in [-0.25, -0.2) is 4.98 Å². The Bertz CT molecular complexity index is 1370. The molecule has 8 heteroatoms. The first kappa shape index (κ1) is 22.3. The molecule has 8 nitrogen and oxygen atoms in total. The average molecular weight is 459 g/mol. The van der Waals surface area contributed by atoms with Crippen LogP contribution in [0.1, 0.15) is 29.9 Å². The van der Waals surface area contributed by atoms with Crippen LogP contribution in [0, 0.1) is 13.8 Å². The monoisotopic (exact) mass is 458 g/mol. The summed E-state index contributed by atoms with van der Waals surface area (Å²) in [5.74, 6) is 0.805. The number of β-amino-alcohol motifs (C(OH)–C–C–N with tert-alkyl or cyclic N) is 1. The smallest absolute Gasteiger partial charge is 0.222 e. The first-order valence-corrected chi connectivity index (χ1v) is 11.7. The highest BCUT2D eigenvalue weighted by atomic mass is 16.3. The second kappa shape index (κ2) is 8.68. The quantitative estimate of drug-likeness (QED) is 0.461. The lowest BCUT2D eigenvalue weighted by atomic mass is 10.0. The molecule has 2 N–H and O–H groups in total. The number of carbonyl (C=O) groups excluding carboxylic acids is 1. The number of likely N-dealkylation sites (N-methyl/N-ethyl adjacent to an activating group) is 1. The van der Waals surface area contributed by atoms with E-state index >= 15 is 0 Å². The van der Waals surface area contributed by atoms with Gasteiger partial charge < -0.3 is 19.9 Å². The molecule has 1 atom stereocenters. The Balaban J connectivity index is 1.22. The van der Waals surface area contributed by atoms with Crippen molar-refractivity contribution in [2.75, 3.05) is 31.6 Å². The van der Waals surface area contributed by atoms with E-state index in [0.29, 0.717) is 38.9 Å².